The van der Waals surface area contributed by atoms with Crippen LogP contribution >= 0.6 is 0 Å². The molecule has 182 valence electrons. The van der Waals surface area contributed by atoms with E-state index in [0.29, 0.717) is 17.5 Å². The maximum absolute atomic E-state index is 12.9. The Morgan fingerprint density at radius 1 is 1.00 bits per heavy atom. The molecule has 0 aliphatic carbocycles. The molecule has 4 aromatic rings. The predicted octanol–water partition coefficient (Wildman–Crippen LogP) is 4.05. The summed E-state index contributed by atoms with van der Waals surface area (Å²) in [5.74, 6) is -2.05. The predicted molar refractivity (Wildman–Crippen MR) is 133 cm³/mol. The van der Waals surface area contributed by atoms with Crippen LogP contribution in [0.2, 0.25) is 0 Å². The zero-order chi connectivity index (χ0) is 25.9. The minimum atomic E-state index is -0.820. The number of carbonyl (C=O) groups excluding carboxylic acids is 3. The third-order valence-electron chi connectivity index (χ3n) is 6.04. The van der Waals surface area contributed by atoms with Crippen LogP contribution in [0.5, 0.6) is 0 Å². The van der Waals surface area contributed by atoms with Crippen LogP contribution in [0.15, 0.2) is 78.6 Å². The first kappa shape index (κ1) is 23.5. The van der Waals surface area contributed by atoms with E-state index in [9.17, 15) is 24.8 Å². The number of benzene rings is 3. The van der Waals surface area contributed by atoms with Gasteiger partial charge < -0.3 is 14.8 Å². The molecule has 1 aromatic heterocycles. The summed E-state index contributed by atoms with van der Waals surface area (Å²) in [7, 11) is 0. The van der Waals surface area contributed by atoms with E-state index in [4.69, 9.17) is 4.74 Å². The molecular formula is C28H20N4O5. The molecule has 9 nitrogen and oxygen atoms in total. The number of nitrogens with one attached hydrogen (secondary N) is 1. The van der Waals surface area contributed by atoms with E-state index in [1.165, 1.54) is 18.2 Å². The number of hydrogen-bond donors (Lipinski definition) is 2. The summed E-state index contributed by atoms with van der Waals surface area (Å²) in [6.07, 6.45) is 0.513. The number of aromatic nitrogens is 2. The van der Waals surface area contributed by atoms with Gasteiger partial charge in [-0.15, -0.1) is 0 Å². The van der Waals surface area contributed by atoms with Crippen LogP contribution in [0.1, 0.15) is 42.5 Å². The second-order valence-electron chi connectivity index (χ2n) is 8.37. The van der Waals surface area contributed by atoms with Crippen molar-refractivity contribution >= 4 is 34.4 Å². The second-order valence-corrected chi connectivity index (χ2v) is 8.37. The van der Waals surface area contributed by atoms with Gasteiger partial charge in [0.15, 0.2) is 11.6 Å². The highest BCUT2D eigenvalue weighted by Crippen LogP contribution is 2.25. The quantitative estimate of drug-likeness (QED) is 0.172. The number of H-pyrrole nitrogens is 1. The van der Waals surface area contributed by atoms with Gasteiger partial charge in [0.1, 0.15) is 18.2 Å². The lowest BCUT2D eigenvalue weighted by molar-refractivity contribution is 0.0502. The highest BCUT2D eigenvalue weighted by Gasteiger charge is 2.35. The number of nitriles is 1. The SMILES string of the molecule is N#CC(=C(O)COC(=O)c1ccc2c(c1)C(=O)N(CCc1ccccc1)C2=O)c1nc2ccccc2[nH]1. The Labute approximate surface area is 211 Å². The normalized spacial score (nSPS) is 13.3. The molecule has 1 aliphatic rings. The second kappa shape index (κ2) is 9.79. The Hall–Kier alpha value is -5.23. The number of para-hydroxylation sites is 2. The first-order valence-electron chi connectivity index (χ1n) is 11.4. The van der Waals surface area contributed by atoms with Crippen molar-refractivity contribution in [2.45, 2.75) is 6.42 Å². The van der Waals surface area contributed by atoms with Crippen LogP contribution in [-0.4, -0.2) is 50.9 Å². The Kier molecular flexibility index (Phi) is 6.22. The average Bonchev–Trinajstić information content (AvgIpc) is 3.45. The van der Waals surface area contributed by atoms with Gasteiger partial charge in [-0.3, -0.25) is 14.5 Å². The number of hydrogen-bond acceptors (Lipinski definition) is 7. The minimum Gasteiger partial charge on any atom is -0.507 e. The highest BCUT2D eigenvalue weighted by atomic mass is 16.5. The van der Waals surface area contributed by atoms with Gasteiger partial charge in [-0.2, -0.15) is 5.26 Å². The Morgan fingerprint density at radius 2 is 1.73 bits per heavy atom. The third-order valence-corrected chi connectivity index (χ3v) is 6.04. The number of esters is 1. The lowest BCUT2D eigenvalue weighted by Crippen LogP contribution is -2.31. The molecule has 0 saturated heterocycles. The van der Waals surface area contributed by atoms with Crippen molar-refractivity contribution in [3.63, 3.8) is 0 Å². The zero-order valence-electron chi connectivity index (χ0n) is 19.5. The Balaban J connectivity index is 1.28. The number of ether oxygens (including phenoxy) is 1. The molecule has 2 heterocycles. The maximum atomic E-state index is 12.9. The first-order chi connectivity index (χ1) is 18.0. The molecule has 37 heavy (non-hydrogen) atoms. The number of rotatable bonds is 7. The fourth-order valence-corrected chi connectivity index (χ4v) is 4.12. The number of nitrogens with zero attached hydrogens (tertiary/aromatic N) is 3. The van der Waals surface area contributed by atoms with Gasteiger partial charge in [0.25, 0.3) is 11.8 Å². The van der Waals surface area contributed by atoms with Gasteiger partial charge in [0.2, 0.25) is 0 Å². The number of fused-ring (bicyclic) bond motifs is 2. The van der Waals surface area contributed by atoms with Gasteiger partial charge in [-0.05, 0) is 42.3 Å². The third kappa shape index (κ3) is 4.56. The lowest BCUT2D eigenvalue weighted by Gasteiger charge is -2.13. The standard InChI is InChI=1S/C28H20N4O5/c29-15-21(25-30-22-8-4-5-9-23(22)31-25)24(33)16-37-28(36)18-10-11-19-20(14-18)27(35)32(26(19)34)13-12-17-6-2-1-3-7-17/h1-11,14,33H,12-13,16H2,(H,30,31). The van der Waals surface area contributed by atoms with Crippen molar-refractivity contribution in [3.8, 4) is 6.07 Å². The maximum Gasteiger partial charge on any atom is 0.338 e. The van der Waals surface area contributed by atoms with Gasteiger partial charge in [0.05, 0.1) is 27.7 Å². The lowest BCUT2D eigenvalue weighted by atomic mass is 10.1. The summed E-state index contributed by atoms with van der Waals surface area (Å²) in [6.45, 7) is -0.362. The highest BCUT2D eigenvalue weighted by molar-refractivity contribution is 6.22. The van der Waals surface area contributed by atoms with Gasteiger partial charge in [-0.25, -0.2) is 9.78 Å². The van der Waals surface area contributed by atoms with Crippen molar-refractivity contribution < 1.29 is 24.2 Å². The number of aliphatic hydroxyl groups is 1. The molecule has 9 heteroatoms. The molecule has 0 bridgehead atoms. The van der Waals surface area contributed by atoms with Gasteiger partial charge in [-0.1, -0.05) is 42.5 Å². The smallest absolute Gasteiger partial charge is 0.338 e. The summed E-state index contributed by atoms with van der Waals surface area (Å²) >= 11 is 0. The van der Waals surface area contributed by atoms with Crippen molar-refractivity contribution in [3.05, 3.63) is 107 Å². The minimum absolute atomic E-state index is 0.0415. The van der Waals surface area contributed by atoms with Crippen LogP contribution in [-0.2, 0) is 11.2 Å². The number of carbonyl (C=O) groups is 3. The van der Waals surface area contributed by atoms with Crippen molar-refractivity contribution in [1.82, 2.24) is 14.9 Å². The summed E-state index contributed by atoms with van der Waals surface area (Å²) in [6, 6.07) is 22.6. The van der Waals surface area contributed by atoms with Crippen molar-refractivity contribution in [1.29, 1.82) is 5.26 Å². The van der Waals surface area contributed by atoms with Gasteiger partial charge >= 0.3 is 5.97 Å². The summed E-state index contributed by atoms with van der Waals surface area (Å²) in [4.78, 5) is 46.7. The molecule has 2 N–H and O–H groups in total. The number of aliphatic hydroxyl groups excluding tert-OH is 1. The molecular weight excluding hydrogens is 472 g/mol. The van der Waals surface area contributed by atoms with Crippen LogP contribution in [0.25, 0.3) is 16.6 Å². The van der Waals surface area contributed by atoms with Crippen LogP contribution in [0.3, 0.4) is 0 Å². The fraction of sp³-hybridized carbons (Fsp3) is 0.107. The Morgan fingerprint density at radius 3 is 2.49 bits per heavy atom. The molecule has 3 aromatic carbocycles. The summed E-state index contributed by atoms with van der Waals surface area (Å²) in [5, 5.41) is 19.9. The molecule has 0 spiro atoms. The summed E-state index contributed by atoms with van der Waals surface area (Å²) < 4.78 is 5.17. The largest absolute Gasteiger partial charge is 0.507 e. The van der Waals surface area contributed by atoms with E-state index in [1.807, 2.05) is 36.4 Å². The van der Waals surface area contributed by atoms with Crippen LogP contribution in [0, 0.1) is 11.3 Å². The molecule has 0 fully saturated rings. The van der Waals surface area contributed by atoms with E-state index >= 15 is 0 Å². The number of amides is 2. The van der Waals surface area contributed by atoms with Crippen molar-refractivity contribution in [2.24, 2.45) is 0 Å². The van der Waals surface area contributed by atoms with E-state index in [-0.39, 0.29) is 34.6 Å². The molecule has 5 rings (SSSR count). The van der Waals surface area contributed by atoms with Crippen molar-refractivity contribution in [2.75, 3.05) is 13.2 Å². The topological polar surface area (TPSA) is 136 Å². The van der Waals surface area contributed by atoms with Crippen LogP contribution < -0.4 is 0 Å². The number of allylic oxidation sites excluding steroid dienone is 1. The van der Waals surface area contributed by atoms with Crippen LogP contribution in [0.4, 0.5) is 0 Å². The Bertz CT molecular complexity index is 1580. The molecule has 0 unspecified atom stereocenters. The van der Waals surface area contributed by atoms with E-state index in [2.05, 4.69) is 9.97 Å². The summed E-state index contributed by atoms with van der Waals surface area (Å²) in [5.41, 5.74) is 2.51. The molecule has 1 aliphatic heterocycles. The van der Waals surface area contributed by atoms with E-state index in [0.717, 1.165) is 10.5 Å². The average molecular weight is 492 g/mol. The van der Waals surface area contributed by atoms with E-state index < -0.39 is 30.1 Å². The number of imidazole rings is 1. The monoisotopic (exact) mass is 492 g/mol. The first-order valence-corrected chi connectivity index (χ1v) is 11.4. The van der Waals surface area contributed by atoms with Gasteiger partial charge in [0, 0.05) is 6.54 Å². The number of aromatic amines is 1. The molecule has 0 atom stereocenters. The zero-order valence-corrected chi connectivity index (χ0v) is 19.5. The molecule has 2 amide bonds. The number of imide groups is 1. The molecule has 0 saturated carbocycles. The fourth-order valence-electron chi connectivity index (χ4n) is 4.12. The molecule has 0 radical (unpaired) electrons. The van der Waals surface area contributed by atoms with E-state index in [1.54, 1.807) is 24.3 Å².